The third-order valence-electron chi connectivity index (χ3n) is 2.56. The monoisotopic (exact) mass is 382 g/mol. The number of phenols is 1. The van der Waals surface area contributed by atoms with Crippen LogP contribution in [0, 0.1) is 0 Å². The van der Waals surface area contributed by atoms with E-state index >= 15 is 0 Å². The van der Waals surface area contributed by atoms with Crippen molar-refractivity contribution >= 4 is 39.7 Å². The molecule has 114 valence electrons. The first-order chi connectivity index (χ1) is 10.6. The SMILES string of the molecule is O=C(COc1ccccc1)NN=Cc1cc(Br)cc(Cl)c1O. The van der Waals surface area contributed by atoms with Crippen molar-refractivity contribution in [3.05, 3.63) is 57.5 Å². The van der Waals surface area contributed by atoms with Crippen LogP contribution >= 0.6 is 27.5 Å². The zero-order valence-corrected chi connectivity index (χ0v) is 13.6. The summed E-state index contributed by atoms with van der Waals surface area (Å²) in [5.74, 6) is 0.0714. The van der Waals surface area contributed by atoms with E-state index in [0.29, 0.717) is 15.8 Å². The number of nitrogens with zero attached hydrogens (tertiary/aromatic N) is 1. The number of phenolic OH excluding ortho intramolecular Hbond substituents is 1. The van der Waals surface area contributed by atoms with Crippen LogP contribution in [0.3, 0.4) is 0 Å². The Morgan fingerprint density at radius 3 is 2.82 bits per heavy atom. The molecule has 0 heterocycles. The molecule has 1 amide bonds. The van der Waals surface area contributed by atoms with E-state index in [0.717, 1.165) is 0 Å². The summed E-state index contributed by atoms with van der Waals surface area (Å²) in [7, 11) is 0. The van der Waals surface area contributed by atoms with Crippen LogP contribution < -0.4 is 10.2 Å². The molecule has 0 bridgehead atoms. The Hall–Kier alpha value is -2.05. The van der Waals surface area contributed by atoms with Crippen molar-refractivity contribution in [2.24, 2.45) is 5.10 Å². The third kappa shape index (κ3) is 4.75. The summed E-state index contributed by atoms with van der Waals surface area (Å²) < 4.78 is 5.96. The van der Waals surface area contributed by atoms with Crippen LogP contribution in [0.25, 0.3) is 0 Å². The van der Waals surface area contributed by atoms with E-state index in [-0.39, 0.29) is 17.4 Å². The lowest BCUT2D eigenvalue weighted by atomic mass is 10.2. The number of hydrogen-bond acceptors (Lipinski definition) is 4. The molecule has 0 aliphatic carbocycles. The van der Waals surface area contributed by atoms with Crippen LogP contribution in [0.5, 0.6) is 11.5 Å². The second kappa shape index (κ2) is 7.82. The van der Waals surface area contributed by atoms with Crippen LogP contribution in [0.4, 0.5) is 0 Å². The highest BCUT2D eigenvalue weighted by Crippen LogP contribution is 2.30. The molecule has 0 fully saturated rings. The van der Waals surface area contributed by atoms with Crippen LogP contribution in [0.1, 0.15) is 5.56 Å². The van der Waals surface area contributed by atoms with Gasteiger partial charge in [-0.05, 0) is 24.3 Å². The molecule has 0 aromatic heterocycles. The molecule has 2 N–H and O–H groups in total. The smallest absolute Gasteiger partial charge is 0.277 e. The quantitative estimate of drug-likeness (QED) is 0.614. The van der Waals surface area contributed by atoms with Crippen molar-refractivity contribution in [1.29, 1.82) is 0 Å². The van der Waals surface area contributed by atoms with Gasteiger partial charge >= 0.3 is 0 Å². The first kappa shape index (κ1) is 16.3. The first-order valence-electron chi connectivity index (χ1n) is 6.24. The number of amides is 1. The standard InChI is InChI=1S/C15H12BrClN2O3/c16-11-6-10(15(21)13(17)7-11)8-18-19-14(20)9-22-12-4-2-1-3-5-12/h1-8,21H,9H2,(H,19,20). The summed E-state index contributed by atoms with van der Waals surface area (Å²) >= 11 is 9.08. The number of carbonyl (C=O) groups is 1. The molecule has 0 saturated carbocycles. The van der Waals surface area contributed by atoms with Gasteiger partial charge in [0.05, 0.1) is 11.2 Å². The lowest BCUT2D eigenvalue weighted by molar-refractivity contribution is -0.123. The molecule has 0 unspecified atom stereocenters. The fourth-order valence-corrected chi connectivity index (χ4v) is 2.39. The number of hydrazone groups is 1. The second-order valence-electron chi connectivity index (χ2n) is 4.22. The molecule has 0 radical (unpaired) electrons. The van der Waals surface area contributed by atoms with E-state index in [1.165, 1.54) is 6.21 Å². The Morgan fingerprint density at radius 1 is 1.36 bits per heavy atom. The first-order valence-corrected chi connectivity index (χ1v) is 7.41. The van der Waals surface area contributed by atoms with Crippen molar-refractivity contribution in [2.75, 3.05) is 6.61 Å². The van der Waals surface area contributed by atoms with Gasteiger partial charge in [0.15, 0.2) is 6.61 Å². The van der Waals surface area contributed by atoms with Crippen molar-refractivity contribution < 1.29 is 14.6 Å². The molecule has 2 rings (SSSR count). The summed E-state index contributed by atoms with van der Waals surface area (Å²) in [6, 6.07) is 12.1. The third-order valence-corrected chi connectivity index (χ3v) is 3.31. The van der Waals surface area contributed by atoms with Gasteiger partial charge < -0.3 is 9.84 Å². The van der Waals surface area contributed by atoms with Crippen molar-refractivity contribution in [1.82, 2.24) is 5.43 Å². The number of para-hydroxylation sites is 1. The lowest BCUT2D eigenvalue weighted by Gasteiger charge is -2.05. The van der Waals surface area contributed by atoms with E-state index in [1.807, 2.05) is 18.2 Å². The number of carbonyl (C=O) groups excluding carboxylic acids is 1. The Bertz CT molecular complexity index is 693. The van der Waals surface area contributed by atoms with Gasteiger partial charge in [-0.15, -0.1) is 0 Å². The molecular formula is C15H12BrClN2O3. The second-order valence-corrected chi connectivity index (χ2v) is 5.54. The van der Waals surface area contributed by atoms with Gasteiger partial charge in [0.2, 0.25) is 0 Å². The lowest BCUT2D eigenvalue weighted by Crippen LogP contribution is -2.24. The molecule has 2 aromatic carbocycles. The molecule has 0 atom stereocenters. The van der Waals surface area contributed by atoms with Gasteiger partial charge in [-0.3, -0.25) is 4.79 Å². The van der Waals surface area contributed by atoms with E-state index in [2.05, 4.69) is 26.5 Å². The number of halogens is 2. The Morgan fingerprint density at radius 2 is 2.09 bits per heavy atom. The van der Waals surface area contributed by atoms with E-state index < -0.39 is 5.91 Å². The molecule has 0 saturated heterocycles. The van der Waals surface area contributed by atoms with Crippen LogP contribution in [0.2, 0.25) is 5.02 Å². The van der Waals surface area contributed by atoms with Crippen molar-refractivity contribution in [3.63, 3.8) is 0 Å². The van der Waals surface area contributed by atoms with Gasteiger partial charge in [-0.1, -0.05) is 45.7 Å². The Labute approximate surface area is 140 Å². The highest BCUT2D eigenvalue weighted by atomic mass is 79.9. The van der Waals surface area contributed by atoms with Crippen LogP contribution in [0.15, 0.2) is 52.0 Å². The van der Waals surface area contributed by atoms with Gasteiger partial charge in [-0.25, -0.2) is 5.43 Å². The Kier molecular flexibility index (Phi) is 5.80. The minimum Gasteiger partial charge on any atom is -0.506 e. The maximum atomic E-state index is 11.6. The predicted molar refractivity (Wildman–Crippen MR) is 88.5 cm³/mol. The number of benzene rings is 2. The van der Waals surface area contributed by atoms with Gasteiger partial charge in [0.25, 0.3) is 5.91 Å². The Balaban J connectivity index is 1.88. The molecular weight excluding hydrogens is 372 g/mol. The van der Waals surface area contributed by atoms with Gasteiger partial charge in [-0.2, -0.15) is 5.10 Å². The summed E-state index contributed by atoms with van der Waals surface area (Å²) in [5.41, 5.74) is 2.68. The highest BCUT2D eigenvalue weighted by molar-refractivity contribution is 9.10. The van der Waals surface area contributed by atoms with E-state index in [9.17, 15) is 9.90 Å². The molecule has 5 nitrogen and oxygen atoms in total. The predicted octanol–water partition coefficient (Wildman–Crippen LogP) is 3.34. The summed E-state index contributed by atoms with van der Waals surface area (Å²) in [4.78, 5) is 11.6. The maximum absolute atomic E-state index is 11.6. The molecule has 0 aliphatic heterocycles. The molecule has 7 heteroatoms. The molecule has 0 spiro atoms. The zero-order valence-electron chi connectivity index (χ0n) is 11.3. The number of rotatable bonds is 5. The molecule has 2 aromatic rings. The van der Waals surface area contributed by atoms with Crippen molar-refractivity contribution in [3.8, 4) is 11.5 Å². The number of aromatic hydroxyl groups is 1. The summed E-state index contributed by atoms with van der Waals surface area (Å²) in [6.07, 6.45) is 1.30. The number of ether oxygens (including phenoxy) is 1. The number of hydrogen-bond donors (Lipinski definition) is 2. The largest absolute Gasteiger partial charge is 0.506 e. The summed E-state index contributed by atoms with van der Waals surface area (Å²) in [5, 5.41) is 13.7. The van der Waals surface area contributed by atoms with Crippen LogP contribution in [-0.2, 0) is 4.79 Å². The average Bonchev–Trinajstić information content (AvgIpc) is 2.51. The van der Waals surface area contributed by atoms with Crippen molar-refractivity contribution in [2.45, 2.75) is 0 Å². The van der Waals surface area contributed by atoms with Crippen LogP contribution in [-0.4, -0.2) is 23.8 Å². The number of nitrogens with one attached hydrogen (secondary N) is 1. The normalized spacial score (nSPS) is 10.6. The van der Waals surface area contributed by atoms with E-state index in [1.54, 1.807) is 24.3 Å². The van der Waals surface area contributed by atoms with Gasteiger partial charge in [0, 0.05) is 10.0 Å². The fourth-order valence-electron chi connectivity index (χ4n) is 1.56. The average molecular weight is 384 g/mol. The summed E-state index contributed by atoms with van der Waals surface area (Å²) in [6.45, 7) is -0.160. The van der Waals surface area contributed by atoms with Gasteiger partial charge in [0.1, 0.15) is 11.5 Å². The zero-order chi connectivity index (χ0) is 15.9. The van der Waals surface area contributed by atoms with E-state index in [4.69, 9.17) is 16.3 Å². The minimum atomic E-state index is -0.416. The molecule has 0 aliphatic rings. The molecule has 22 heavy (non-hydrogen) atoms. The topological polar surface area (TPSA) is 70.9 Å². The maximum Gasteiger partial charge on any atom is 0.277 e. The highest BCUT2D eigenvalue weighted by Gasteiger charge is 2.06. The minimum absolute atomic E-state index is 0.108. The fraction of sp³-hybridized carbons (Fsp3) is 0.0667.